The molecular weight excluding hydrogens is 406 g/mol. The average molecular weight is 438 g/mol. The molecule has 5 rings (SSSR count). The first-order valence-corrected chi connectivity index (χ1v) is 11.6. The van der Waals surface area contributed by atoms with Gasteiger partial charge in [-0.25, -0.2) is 0 Å². The molecule has 1 aromatic heterocycles. The zero-order chi connectivity index (χ0) is 21.9. The van der Waals surface area contributed by atoms with Gasteiger partial charge in [0.15, 0.2) is 0 Å². The Bertz CT molecular complexity index is 973. The molecule has 1 N–H and O–H groups in total. The summed E-state index contributed by atoms with van der Waals surface area (Å²) in [6.45, 7) is 8.45. The van der Waals surface area contributed by atoms with E-state index in [0.717, 1.165) is 62.2 Å². The second kappa shape index (κ2) is 9.38. The molecule has 1 amide bonds. The Morgan fingerprint density at radius 3 is 2.38 bits per heavy atom. The number of furan rings is 1. The van der Waals surface area contributed by atoms with Gasteiger partial charge in [0.25, 0.3) is 0 Å². The van der Waals surface area contributed by atoms with Crippen LogP contribution in [0.25, 0.3) is 6.08 Å². The molecular formula is C25H31N3O4. The van der Waals surface area contributed by atoms with Gasteiger partial charge in [-0.05, 0) is 48.7 Å². The Balaban J connectivity index is 1.30. The molecule has 170 valence electrons. The smallest absolute Gasteiger partial charge is 0.248 e. The normalized spacial score (nSPS) is 23.5. The minimum Gasteiger partial charge on any atom is -0.461 e. The van der Waals surface area contributed by atoms with Crippen molar-refractivity contribution >= 4 is 29.0 Å². The largest absolute Gasteiger partial charge is 0.461 e. The van der Waals surface area contributed by atoms with E-state index in [1.54, 1.807) is 6.08 Å². The lowest BCUT2D eigenvalue weighted by Gasteiger charge is -2.33. The number of ether oxygens (including phenoxy) is 2. The van der Waals surface area contributed by atoms with Crippen molar-refractivity contribution in [3.63, 3.8) is 0 Å². The standard InChI is InChI=1S/C25H31N3O4/c1-18-16-21(18)24-6-3-20(32-24)4-7-25(29)26-22-5-2-19(27-8-12-30-13-9-27)17-23(22)28-10-14-31-15-11-28/h2-7,17-18,21H,8-16H2,1H3,(H,26,29)/b7-4-/t18-,21+/m1/s1. The van der Waals surface area contributed by atoms with E-state index in [0.29, 0.717) is 30.8 Å². The van der Waals surface area contributed by atoms with Gasteiger partial charge in [0.1, 0.15) is 11.5 Å². The van der Waals surface area contributed by atoms with Gasteiger partial charge in [-0.1, -0.05) is 6.92 Å². The van der Waals surface area contributed by atoms with E-state index >= 15 is 0 Å². The molecule has 3 fully saturated rings. The molecule has 7 heteroatoms. The molecule has 1 aliphatic carbocycles. The number of benzene rings is 1. The third-order valence-electron chi connectivity index (χ3n) is 6.49. The summed E-state index contributed by atoms with van der Waals surface area (Å²) >= 11 is 0. The van der Waals surface area contributed by atoms with Crippen molar-refractivity contribution in [3.05, 3.63) is 47.9 Å². The van der Waals surface area contributed by atoms with Crippen LogP contribution in [0.15, 0.2) is 40.8 Å². The summed E-state index contributed by atoms with van der Waals surface area (Å²) in [4.78, 5) is 17.3. The van der Waals surface area contributed by atoms with E-state index in [4.69, 9.17) is 13.9 Å². The molecule has 2 atom stereocenters. The number of anilines is 3. The van der Waals surface area contributed by atoms with Gasteiger partial charge in [0.05, 0.1) is 37.8 Å². The Morgan fingerprint density at radius 1 is 1.00 bits per heavy atom. The minimum absolute atomic E-state index is 0.170. The van der Waals surface area contributed by atoms with Crippen LogP contribution < -0.4 is 15.1 Å². The fraction of sp³-hybridized carbons (Fsp3) is 0.480. The van der Waals surface area contributed by atoms with Gasteiger partial charge in [0.2, 0.25) is 5.91 Å². The summed E-state index contributed by atoms with van der Waals surface area (Å²) in [6.07, 6.45) is 4.46. The van der Waals surface area contributed by atoms with E-state index in [1.165, 1.54) is 12.5 Å². The zero-order valence-electron chi connectivity index (χ0n) is 18.6. The van der Waals surface area contributed by atoms with Crippen molar-refractivity contribution in [1.82, 2.24) is 0 Å². The molecule has 0 bridgehead atoms. The molecule has 2 aliphatic heterocycles. The number of nitrogens with one attached hydrogen (secondary N) is 1. The first kappa shape index (κ1) is 21.1. The molecule has 32 heavy (non-hydrogen) atoms. The van der Waals surface area contributed by atoms with Crippen LogP contribution in [0.5, 0.6) is 0 Å². The molecule has 0 unspecified atom stereocenters. The molecule has 0 spiro atoms. The van der Waals surface area contributed by atoms with Gasteiger partial charge in [-0.3, -0.25) is 4.79 Å². The predicted octanol–water partition coefficient (Wildman–Crippen LogP) is 3.73. The lowest BCUT2D eigenvalue weighted by atomic mass is 10.1. The van der Waals surface area contributed by atoms with Crippen molar-refractivity contribution in [1.29, 1.82) is 0 Å². The number of morpholine rings is 2. The quantitative estimate of drug-likeness (QED) is 0.695. The van der Waals surface area contributed by atoms with Crippen LogP contribution in [-0.4, -0.2) is 58.5 Å². The molecule has 7 nitrogen and oxygen atoms in total. The molecule has 2 aromatic rings. The SMILES string of the molecule is C[C@@H]1C[C@@H]1c1ccc(/C=C\C(=O)Nc2ccc(N3CCOCC3)cc2N2CCOCC2)o1. The first-order valence-electron chi connectivity index (χ1n) is 11.6. The number of amides is 1. The van der Waals surface area contributed by atoms with E-state index in [2.05, 4.69) is 34.2 Å². The van der Waals surface area contributed by atoms with Crippen molar-refractivity contribution in [2.45, 2.75) is 19.3 Å². The number of hydrogen-bond acceptors (Lipinski definition) is 6. The van der Waals surface area contributed by atoms with Crippen LogP contribution in [0.3, 0.4) is 0 Å². The lowest BCUT2D eigenvalue weighted by Crippen LogP contribution is -2.38. The first-order chi connectivity index (χ1) is 15.7. The number of nitrogens with zero attached hydrogens (tertiary/aromatic N) is 2. The molecule has 2 saturated heterocycles. The number of rotatable bonds is 6. The number of hydrogen-bond donors (Lipinski definition) is 1. The van der Waals surface area contributed by atoms with Crippen molar-refractivity contribution in [2.24, 2.45) is 5.92 Å². The highest BCUT2D eigenvalue weighted by atomic mass is 16.5. The molecule has 3 aliphatic rings. The van der Waals surface area contributed by atoms with E-state index in [9.17, 15) is 4.79 Å². The van der Waals surface area contributed by atoms with E-state index in [-0.39, 0.29) is 5.91 Å². The van der Waals surface area contributed by atoms with Crippen LogP contribution in [0, 0.1) is 5.92 Å². The Morgan fingerprint density at radius 2 is 1.69 bits per heavy atom. The summed E-state index contributed by atoms with van der Waals surface area (Å²) in [5, 5.41) is 3.06. The van der Waals surface area contributed by atoms with Gasteiger partial charge in [-0.15, -0.1) is 0 Å². The summed E-state index contributed by atoms with van der Waals surface area (Å²) in [5.41, 5.74) is 2.99. The van der Waals surface area contributed by atoms with Crippen molar-refractivity contribution < 1.29 is 18.7 Å². The van der Waals surface area contributed by atoms with Gasteiger partial charge < -0.3 is 29.0 Å². The minimum atomic E-state index is -0.170. The maximum Gasteiger partial charge on any atom is 0.248 e. The van der Waals surface area contributed by atoms with Crippen LogP contribution in [0.4, 0.5) is 17.1 Å². The third kappa shape index (κ3) is 4.84. The van der Waals surface area contributed by atoms with Crippen LogP contribution in [0.2, 0.25) is 0 Å². The molecule has 1 saturated carbocycles. The molecule has 3 heterocycles. The summed E-state index contributed by atoms with van der Waals surface area (Å²) in [7, 11) is 0. The Hall–Kier alpha value is -2.77. The summed E-state index contributed by atoms with van der Waals surface area (Å²) in [5.74, 6) is 2.79. The third-order valence-corrected chi connectivity index (χ3v) is 6.49. The van der Waals surface area contributed by atoms with Crippen LogP contribution in [-0.2, 0) is 14.3 Å². The maximum absolute atomic E-state index is 12.7. The van der Waals surface area contributed by atoms with Crippen molar-refractivity contribution in [3.8, 4) is 0 Å². The average Bonchev–Trinajstić information content (AvgIpc) is 3.38. The molecule has 0 radical (unpaired) electrons. The van der Waals surface area contributed by atoms with Crippen LogP contribution >= 0.6 is 0 Å². The van der Waals surface area contributed by atoms with Crippen LogP contribution in [0.1, 0.15) is 30.8 Å². The highest BCUT2D eigenvalue weighted by Gasteiger charge is 2.36. The zero-order valence-corrected chi connectivity index (χ0v) is 18.6. The van der Waals surface area contributed by atoms with Crippen molar-refractivity contribution in [2.75, 3.05) is 67.7 Å². The molecule has 1 aromatic carbocycles. The monoisotopic (exact) mass is 437 g/mol. The highest BCUT2D eigenvalue weighted by Crippen LogP contribution is 2.47. The van der Waals surface area contributed by atoms with Gasteiger partial charge in [-0.2, -0.15) is 0 Å². The Labute approximate surface area is 189 Å². The lowest BCUT2D eigenvalue weighted by molar-refractivity contribution is -0.111. The fourth-order valence-electron chi connectivity index (χ4n) is 4.42. The number of carbonyl (C=O) groups excluding carboxylic acids is 1. The summed E-state index contributed by atoms with van der Waals surface area (Å²) < 4.78 is 16.9. The van der Waals surface area contributed by atoms with E-state index < -0.39 is 0 Å². The Kier molecular flexibility index (Phi) is 6.19. The predicted molar refractivity (Wildman–Crippen MR) is 125 cm³/mol. The van der Waals surface area contributed by atoms with Gasteiger partial charge >= 0.3 is 0 Å². The number of carbonyl (C=O) groups is 1. The highest BCUT2D eigenvalue weighted by molar-refractivity contribution is 6.04. The second-order valence-corrected chi connectivity index (χ2v) is 8.78. The van der Waals surface area contributed by atoms with Gasteiger partial charge in [0, 0.05) is 43.9 Å². The summed E-state index contributed by atoms with van der Waals surface area (Å²) in [6, 6.07) is 10.2. The topological polar surface area (TPSA) is 67.2 Å². The maximum atomic E-state index is 12.7. The second-order valence-electron chi connectivity index (χ2n) is 8.78. The fourth-order valence-corrected chi connectivity index (χ4v) is 4.42. The van der Waals surface area contributed by atoms with E-state index in [1.807, 2.05) is 18.2 Å².